The van der Waals surface area contributed by atoms with Crippen LogP contribution in [0, 0.1) is 0 Å². The molecule has 0 spiro atoms. The summed E-state index contributed by atoms with van der Waals surface area (Å²) in [6, 6.07) is 8.23. The van der Waals surface area contributed by atoms with Crippen LogP contribution in [0.25, 0.3) is 22.4 Å². The zero-order chi connectivity index (χ0) is 24.7. The van der Waals surface area contributed by atoms with Crippen LogP contribution in [0.4, 0.5) is 13.2 Å². The maximum atomic E-state index is 13.1. The number of likely N-dealkylation sites (tertiary alicyclic amines) is 1. The van der Waals surface area contributed by atoms with E-state index in [0.717, 1.165) is 66.7 Å². The number of nitrogens with zero attached hydrogens (tertiary/aromatic N) is 5. The molecule has 0 radical (unpaired) electrons. The van der Waals surface area contributed by atoms with E-state index in [2.05, 4.69) is 45.8 Å². The van der Waals surface area contributed by atoms with E-state index in [1.165, 1.54) is 10.1 Å². The van der Waals surface area contributed by atoms with Crippen LogP contribution < -0.4 is 0 Å². The summed E-state index contributed by atoms with van der Waals surface area (Å²) in [6.45, 7) is 6.64. The summed E-state index contributed by atoms with van der Waals surface area (Å²) in [5.74, 6) is 1.63. The topological polar surface area (TPSA) is 62.6 Å². The lowest BCUT2D eigenvalue weighted by molar-refractivity contribution is -0.141. The van der Waals surface area contributed by atoms with Gasteiger partial charge in [0, 0.05) is 43.0 Å². The number of benzene rings is 1. The number of hydrogen-bond donors (Lipinski definition) is 1. The molecule has 1 aromatic carbocycles. The molecule has 4 heterocycles. The minimum absolute atomic E-state index is 0.0248. The molecule has 0 bridgehead atoms. The van der Waals surface area contributed by atoms with Gasteiger partial charge in [-0.15, -0.1) is 0 Å². The molecule has 4 aromatic rings. The first-order valence-corrected chi connectivity index (χ1v) is 12.0. The Kier molecular flexibility index (Phi) is 6.13. The molecule has 5 rings (SSSR count). The van der Waals surface area contributed by atoms with Crippen LogP contribution in [0.5, 0.6) is 0 Å². The molecule has 0 amide bonds. The first-order chi connectivity index (χ1) is 16.7. The standard InChI is InChI=1S/C26H29F3N6/c1-16(2)19-6-4-5-7-20(19)24-31-13-21-23(33-24)18(12-30-21)14-35-10-8-17(9-11-35)25-32-22(15-34(25)3)26(27,28)29/h4-7,12-13,15-17,30H,8-11,14H2,1-3H3. The summed E-state index contributed by atoms with van der Waals surface area (Å²) in [5.41, 5.74) is 4.36. The molecule has 9 heteroatoms. The summed E-state index contributed by atoms with van der Waals surface area (Å²) in [6.07, 6.45) is 2.03. The van der Waals surface area contributed by atoms with Gasteiger partial charge in [0.15, 0.2) is 11.5 Å². The quantitative estimate of drug-likeness (QED) is 0.386. The lowest BCUT2D eigenvalue weighted by Gasteiger charge is -2.31. The normalized spacial score (nSPS) is 16.0. The average Bonchev–Trinajstić information content (AvgIpc) is 3.43. The number of halogens is 3. The van der Waals surface area contributed by atoms with Crippen molar-refractivity contribution < 1.29 is 13.2 Å². The van der Waals surface area contributed by atoms with Gasteiger partial charge in [-0.05, 0) is 37.4 Å². The number of rotatable bonds is 5. The SMILES string of the molecule is CC(C)c1ccccc1-c1ncc2[nH]cc(CN3CCC(c4nc(C(F)(F)F)cn4C)CC3)c2n1. The van der Waals surface area contributed by atoms with Gasteiger partial charge >= 0.3 is 6.18 Å². The molecule has 3 aromatic heterocycles. The summed E-state index contributed by atoms with van der Waals surface area (Å²) >= 11 is 0. The van der Waals surface area contributed by atoms with E-state index in [-0.39, 0.29) is 5.92 Å². The van der Waals surface area contributed by atoms with E-state index in [1.807, 2.05) is 24.5 Å². The van der Waals surface area contributed by atoms with Gasteiger partial charge in [0.1, 0.15) is 5.82 Å². The Hall–Kier alpha value is -3.20. The number of H-pyrrole nitrogens is 1. The third-order valence-corrected chi connectivity index (χ3v) is 6.87. The Morgan fingerprint density at radius 2 is 1.86 bits per heavy atom. The van der Waals surface area contributed by atoms with E-state index in [0.29, 0.717) is 11.7 Å². The van der Waals surface area contributed by atoms with E-state index in [1.54, 1.807) is 7.05 Å². The molecular formula is C26H29F3N6. The van der Waals surface area contributed by atoms with E-state index < -0.39 is 11.9 Å². The monoisotopic (exact) mass is 482 g/mol. The fourth-order valence-electron chi connectivity index (χ4n) is 5.01. The van der Waals surface area contributed by atoms with Crippen molar-refractivity contribution in [3.05, 3.63) is 65.5 Å². The van der Waals surface area contributed by atoms with Crippen molar-refractivity contribution in [3.63, 3.8) is 0 Å². The van der Waals surface area contributed by atoms with Crippen LogP contribution in [0.1, 0.15) is 61.2 Å². The Labute approximate surface area is 202 Å². The maximum absolute atomic E-state index is 13.1. The molecule has 35 heavy (non-hydrogen) atoms. The molecule has 0 aliphatic carbocycles. The molecule has 6 nitrogen and oxygen atoms in total. The van der Waals surface area contributed by atoms with Crippen molar-refractivity contribution in [2.75, 3.05) is 13.1 Å². The molecule has 1 saturated heterocycles. The molecule has 1 fully saturated rings. The fraction of sp³-hybridized carbons (Fsp3) is 0.423. The largest absolute Gasteiger partial charge is 0.434 e. The zero-order valence-electron chi connectivity index (χ0n) is 20.1. The van der Waals surface area contributed by atoms with Crippen molar-refractivity contribution in [3.8, 4) is 11.4 Å². The van der Waals surface area contributed by atoms with Gasteiger partial charge in [0.05, 0.1) is 17.2 Å². The summed E-state index contributed by atoms with van der Waals surface area (Å²) in [7, 11) is 1.64. The minimum Gasteiger partial charge on any atom is -0.358 e. The second kappa shape index (κ2) is 9.11. The van der Waals surface area contributed by atoms with E-state index in [9.17, 15) is 13.2 Å². The lowest BCUT2D eigenvalue weighted by Crippen LogP contribution is -2.33. The predicted molar refractivity (Wildman–Crippen MR) is 129 cm³/mol. The molecule has 1 aliphatic rings. The Balaban J connectivity index is 1.32. The molecule has 0 saturated carbocycles. The highest BCUT2D eigenvalue weighted by atomic mass is 19.4. The Morgan fingerprint density at radius 3 is 2.54 bits per heavy atom. The van der Waals surface area contributed by atoms with Crippen LogP contribution in [0.3, 0.4) is 0 Å². The highest BCUT2D eigenvalue weighted by Crippen LogP contribution is 2.33. The third kappa shape index (κ3) is 4.69. The Bertz CT molecular complexity index is 1330. The minimum atomic E-state index is -4.41. The molecular weight excluding hydrogens is 453 g/mol. The molecule has 1 N–H and O–H groups in total. The predicted octanol–water partition coefficient (Wildman–Crippen LogP) is 5.88. The van der Waals surface area contributed by atoms with Crippen molar-refractivity contribution in [1.29, 1.82) is 0 Å². The van der Waals surface area contributed by atoms with Gasteiger partial charge < -0.3 is 9.55 Å². The fourth-order valence-corrected chi connectivity index (χ4v) is 5.01. The molecule has 0 unspecified atom stereocenters. The second-order valence-corrected chi connectivity index (χ2v) is 9.66. The smallest absolute Gasteiger partial charge is 0.358 e. The van der Waals surface area contributed by atoms with Crippen LogP contribution in [0.15, 0.2) is 42.9 Å². The second-order valence-electron chi connectivity index (χ2n) is 9.66. The van der Waals surface area contributed by atoms with Gasteiger partial charge in [0.2, 0.25) is 0 Å². The number of aryl methyl sites for hydroxylation is 1. The van der Waals surface area contributed by atoms with Gasteiger partial charge in [-0.2, -0.15) is 13.2 Å². The van der Waals surface area contributed by atoms with Gasteiger partial charge in [-0.3, -0.25) is 4.90 Å². The summed E-state index contributed by atoms with van der Waals surface area (Å²) in [5, 5.41) is 0. The number of nitrogens with one attached hydrogen (secondary N) is 1. The number of imidazole rings is 1. The first-order valence-electron chi connectivity index (χ1n) is 12.0. The highest BCUT2D eigenvalue weighted by Gasteiger charge is 2.36. The maximum Gasteiger partial charge on any atom is 0.434 e. The van der Waals surface area contributed by atoms with Gasteiger partial charge in [-0.1, -0.05) is 38.1 Å². The van der Waals surface area contributed by atoms with Crippen LogP contribution >= 0.6 is 0 Å². The van der Waals surface area contributed by atoms with Crippen LogP contribution in [-0.2, 0) is 19.8 Å². The third-order valence-electron chi connectivity index (χ3n) is 6.87. The van der Waals surface area contributed by atoms with Crippen molar-refractivity contribution in [2.45, 2.75) is 51.2 Å². The Morgan fingerprint density at radius 1 is 1.11 bits per heavy atom. The van der Waals surface area contributed by atoms with Crippen LogP contribution in [-0.4, -0.2) is 42.5 Å². The summed E-state index contributed by atoms with van der Waals surface area (Å²) in [4.78, 5) is 19.0. The van der Waals surface area contributed by atoms with Gasteiger partial charge in [-0.25, -0.2) is 15.0 Å². The van der Waals surface area contributed by atoms with Crippen molar-refractivity contribution >= 4 is 11.0 Å². The van der Waals surface area contributed by atoms with Crippen LogP contribution in [0.2, 0.25) is 0 Å². The highest BCUT2D eigenvalue weighted by molar-refractivity contribution is 5.80. The van der Waals surface area contributed by atoms with Crippen molar-refractivity contribution in [2.24, 2.45) is 7.05 Å². The summed E-state index contributed by atoms with van der Waals surface area (Å²) < 4.78 is 40.7. The zero-order valence-corrected chi connectivity index (χ0v) is 20.1. The molecule has 1 aliphatic heterocycles. The number of alkyl halides is 3. The number of aromatic nitrogens is 5. The lowest BCUT2D eigenvalue weighted by atomic mass is 9.95. The molecule has 0 atom stereocenters. The number of hydrogen-bond acceptors (Lipinski definition) is 4. The van der Waals surface area contributed by atoms with Crippen molar-refractivity contribution in [1.82, 2.24) is 29.4 Å². The number of fused-ring (bicyclic) bond motifs is 1. The number of piperidine rings is 1. The number of aromatic amines is 1. The van der Waals surface area contributed by atoms with E-state index in [4.69, 9.17) is 4.98 Å². The first kappa shape index (κ1) is 23.5. The van der Waals surface area contributed by atoms with E-state index >= 15 is 0 Å². The average molecular weight is 483 g/mol. The van der Waals surface area contributed by atoms with Gasteiger partial charge in [0.25, 0.3) is 0 Å². The molecule has 184 valence electrons.